The number of hydrogen-bond donors (Lipinski definition) is 1. The Balaban J connectivity index is 2.05. The molecule has 1 aliphatic rings. The van der Waals surface area contributed by atoms with Crippen molar-refractivity contribution in [3.05, 3.63) is 28.8 Å². The Kier molecular flexibility index (Phi) is 7.04. The Hall–Kier alpha value is -1.83. The molecule has 1 heterocycles. The van der Waals surface area contributed by atoms with Gasteiger partial charge in [-0.2, -0.15) is 0 Å². The number of carboxylic acid groups (broad SMARTS) is 1. The van der Waals surface area contributed by atoms with Crippen LogP contribution in [0.5, 0.6) is 5.75 Å². The number of ether oxygens (including phenoxy) is 2. The van der Waals surface area contributed by atoms with Gasteiger partial charge in [-0.1, -0.05) is 11.6 Å². The van der Waals surface area contributed by atoms with Crippen LogP contribution in [0.1, 0.15) is 17.3 Å². The van der Waals surface area contributed by atoms with Crippen LogP contribution in [0, 0.1) is 0 Å². The van der Waals surface area contributed by atoms with Gasteiger partial charge in [-0.3, -0.25) is 14.5 Å². The van der Waals surface area contributed by atoms with Gasteiger partial charge in [0.1, 0.15) is 5.75 Å². The third-order valence-electron chi connectivity index (χ3n) is 3.82. The Labute approximate surface area is 152 Å². The van der Waals surface area contributed by atoms with Crippen LogP contribution in [0.15, 0.2) is 18.2 Å². The van der Waals surface area contributed by atoms with Gasteiger partial charge in [0.05, 0.1) is 31.4 Å². The number of carbonyl (C=O) groups is 2. The second kappa shape index (κ2) is 9.03. The number of halogens is 1. The number of morpholine rings is 1. The Morgan fingerprint density at radius 3 is 2.92 bits per heavy atom. The molecule has 0 aliphatic carbocycles. The van der Waals surface area contributed by atoms with Crippen molar-refractivity contribution in [1.82, 2.24) is 9.80 Å². The molecule has 0 saturated carbocycles. The highest BCUT2D eigenvalue weighted by Gasteiger charge is 2.27. The molecule has 1 amide bonds. The van der Waals surface area contributed by atoms with E-state index in [4.69, 9.17) is 26.2 Å². The fourth-order valence-electron chi connectivity index (χ4n) is 2.78. The van der Waals surface area contributed by atoms with Crippen molar-refractivity contribution in [2.24, 2.45) is 0 Å². The maximum Gasteiger partial charge on any atom is 0.317 e. The van der Waals surface area contributed by atoms with Crippen LogP contribution in [0.25, 0.3) is 0 Å². The summed E-state index contributed by atoms with van der Waals surface area (Å²) in [5.74, 6) is -0.575. The molecule has 138 valence electrons. The van der Waals surface area contributed by atoms with Crippen LogP contribution >= 0.6 is 11.6 Å². The molecule has 25 heavy (non-hydrogen) atoms. The normalized spacial score (nSPS) is 17.6. The molecule has 1 aromatic carbocycles. The van der Waals surface area contributed by atoms with E-state index in [0.29, 0.717) is 49.2 Å². The van der Waals surface area contributed by atoms with Gasteiger partial charge in [0.15, 0.2) is 0 Å². The lowest BCUT2D eigenvalue weighted by atomic mass is 10.1. The van der Waals surface area contributed by atoms with Crippen LogP contribution in [-0.2, 0) is 9.53 Å². The number of benzene rings is 1. The zero-order chi connectivity index (χ0) is 18.4. The average molecular weight is 371 g/mol. The van der Waals surface area contributed by atoms with Crippen molar-refractivity contribution in [2.75, 3.05) is 46.4 Å². The first-order valence-corrected chi connectivity index (χ1v) is 8.52. The summed E-state index contributed by atoms with van der Waals surface area (Å²) in [6.07, 6.45) is -0.232. The number of hydrogen-bond acceptors (Lipinski definition) is 5. The number of rotatable bonds is 7. The smallest absolute Gasteiger partial charge is 0.317 e. The minimum Gasteiger partial charge on any atom is -0.493 e. The highest BCUT2D eigenvalue weighted by molar-refractivity contribution is 6.30. The molecule has 1 atom stereocenters. The van der Waals surface area contributed by atoms with E-state index >= 15 is 0 Å². The fourth-order valence-corrected chi connectivity index (χ4v) is 2.94. The van der Waals surface area contributed by atoms with Crippen molar-refractivity contribution in [2.45, 2.75) is 13.0 Å². The van der Waals surface area contributed by atoms with E-state index in [2.05, 4.69) is 0 Å². The predicted molar refractivity (Wildman–Crippen MR) is 93.4 cm³/mol. The van der Waals surface area contributed by atoms with Crippen LogP contribution in [-0.4, -0.2) is 79.3 Å². The molecule has 0 radical (unpaired) electrons. The number of amides is 1. The second-order valence-electron chi connectivity index (χ2n) is 5.91. The van der Waals surface area contributed by atoms with E-state index in [0.717, 1.165) is 0 Å². The number of likely N-dealkylation sites (N-methyl/N-ethyl adjacent to an activating group) is 1. The summed E-state index contributed by atoms with van der Waals surface area (Å²) in [5.41, 5.74) is 0.464. The standard InChI is InChI=1S/C17H23ClN2O5/c1-3-24-15-8-12(18)4-5-14(15)17(23)20-6-7-25-13(10-20)9-19(2)11-16(21)22/h4-5,8,13H,3,6-7,9-11H2,1-2H3,(H,21,22). The Bertz CT molecular complexity index is 625. The lowest BCUT2D eigenvalue weighted by Gasteiger charge is -2.34. The summed E-state index contributed by atoms with van der Waals surface area (Å²) in [6, 6.07) is 4.96. The molecule has 8 heteroatoms. The van der Waals surface area contributed by atoms with Crippen molar-refractivity contribution < 1.29 is 24.2 Å². The highest BCUT2D eigenvalue weighted by Crippen LogP contribution is 2.25. The van der Waals surface area contributed by atoms with Crippen LogP contribution in [0.3, 0.4) is 0 Å². The van der Waals surface area contributed by atoms with E-state index in [1.165, 1.54) is 0 Å². The first kappa shape index (κ1) is 19.5. The summed E-state index contributed by atoms with van der Waals surface area (Å²) < 4.78 is 11.2. The van der Waals surface area contributed by atoms with E-state index < -0.39 is 5.97 Å². The van der Waals surface area contributed by atoms with Crippen LogP contribution in [0.4, 0.5) is 0 Å². The van der Waals surface area contributed by atoms with Gasteiger partial charge in [-0.25, -0.2) is 0 Å². The zero-order valence-corrected chi connectivity index (χ0v) is 15.2. The van der Waals surface area contributed by atoms with Gasteiger partial charge < -0.3 is 19.5 Å². The van der Waals surface area contributed by atoms with E-state index in [-0.39, 0.29) is 18.6 Å². The topological polar surface area (TPSA) is 79.3 Å². The van der Waals surface area contributed by atoms with Gasteiger partial charge in [0.25, 0.3) is 5.91 Å². The molecule has 1 unspecified atom stereocenters. The van der Waals surface area contributed by atoms with E-state index in [1.54, 1.807) is 35.0 Å². The third-order valence-corrected chi connectivity index (χ3v) is 4.06. The van der Waals surface area contributed by atoms with Gasteiger partial charge in [0.2, 0.25) is 0 Å². The largest absolute Gasteiger partial charge is 0.493 e. The molecule has 1 saturated heterocycles. The van der Waals surface area contributed by atoms with Crippen molar-refractivity contribution in [3.63, 3.8) is 0 Å². The molecule has 1 aromatic rings. The maximum absolute atomic E-state index is 12.9. The predicted octanol–water partition coefficient (Wildman–Crippen LogP) is 1.60. The summed E-state index contributed by atoms with van der Waals surface area (Å²) in [7, 11) is 1.71. The number of carbonyl (C=O) groups excluding carboxylic acids is 1. The molecule has 1 fully saturated rings. The lowest BCUT2D eigenvalue weighted by Crippen LogP contribution is -2.49. The summed E-state index contributed by atoms with van der Waals surface area (Å²) in [6.45, 7) is 3.94. The van der Waals surface area contributed by atoms with Crippen molar-refractivity contribution in [3.8, 4) is 5.75 Å². The molecule has 0 aromatic heterocycles. The minimum atomic E-state index is -0.895. The second-order valence-corrected chi connectivity index (χ2v) is 6.34. The molecule has 0 bridgehead atoms. The van der Waals surface area contributed by atoms with Crippen LogP contribution < -0.4 is 4.74 Å². The molecule has 1 aliphatic heterocycles. The fraction of sp³-hybridized carbons (Fsp3) is 0.529. The highest BCUT2D eigenvalue weighted by atomic mass is 35.5. The maximum atomic E-state index is 12.9. The zero-order valence-electron chi connectivity index (χ0n) is 14.4. The molecular formula is C17H23ClN2O5. The van der Waals surface area contributed by atoms with Crippen molar-refractivity contribution >= 4 is 23.5 Å². The molecule has 0 spiro atoms. The molecule has 1 N–H and O–H groups in total. The lowest BCUT2D eigenvalue weighted by molar-refractivity contribution is -0.138. The average Bonchev–Trinajstić information content (AvgIpc) is 2.54. The Morgan fingerprint density at radius 1 is 1.48 bits per heavy atom. The quantitative estimate of drug-likeness (QED) is 0.785. The van der Waals surface area contributed by atoms with Crippen LogP contribution in [0.2, 0.25) is 5.02 Å². The van der Waals surface area contributed by atoms with Gasteiger partial charge in [0, 0.05) is 24.7 Å². The number of carboxylic acids is 1. The monoisotopic (exact) mass is 370 g/mol. The SMILES string of the molecule is CCOc1cc(Cl)ccc1C(=O)N1CCOC(CN(C)CC(=O)O)C1. The molecule has 2 rings (SSSR count). The van der Waals surface area contributed by atoms with Gasteiger partial charge in [-0.05, 0) is 32.2 Å². The van der Waals surface area contributed by atoms with Crippen molar-refractivity contribution in [1.29, 1.82) is 0 Å². The first-order chi connectivity index (χ1) is 11.9. The Morgan fingerprint density at radius 2 is 2.24 bits per heavy atom. The molecule has 7 nitrogen and oxygen atoms in total. The summed E-state index contributed by atoms with van der Waals surface area (Å²) in [4.78, 5) is 27.0. The number of nitrogens with zero attached hydrogens (tertiary/aromatic N) is 2. The first-order valence-electron chi connectivity index (χ1n) is 8.14. The summed E-state index contributed by atoms with van der Waals surface area (Å²) >= 11 is 5.99. The third kappa shape index (κ3) is 5.59. The van der Waals surface area contributed by atoms with Gasteiger partial charge in [-0.15, -0.1) is 0 Å². The number of aliphatic carboxylic acids is 1. The summed E-state index contributed by atoms with van der Waals surface area (Å²) in [5, 5.41) is 9.34. The van der Waals surface area contributed by atoms with E-state index in [9.17, 15) is 9.59 Å². The van der Waals surface area contributed by atoms with E-state index in [1.807, 2.05) is 6.92 Å². The minimum absolute atomic E-state index is 0.0700. The molecular weight excluding hydrogens is 348 g/mol. The van der Waals surface area contributed by atoms with Gasteiger partial charge >= 0.3 is 5.97 Å².